The number of aliphatic hydroxyl groups is 4. The molecule has 244 valence electrons. The number of allylic oxidation sites excluding steroid dienone is 2. The monoisotopic (exact) mass is 710 g/mol. The van der Waals surface area contributed by atoms with E-state index in [4.69, 9.17) is 24.3 Å². The predicted octanol–water partition coefficient (Wildman–Crippen LogP) is -2.34. The Labute approximate surface area is 305 Å². The number of hydrogen-bond acceptors (Lipinski definition) is 17. The summed E-state index contributed by atoms with van der Waals surface area (Å²) >= 11 is 0. The van der Waals surface area contributed by atoms with Gasteiger partial charge < -0.3 is 50.3 Å². The molecule has 2 radical (unpaired) electrons. The molecular formula is C22H30N6Na2O14P2. The largest absolute Gasteiger partial charge is 0.481 e. The van der Waals surface area contributed by atoms with Crippen LogP contribution in [0.1, 0.15) is 19.6 Å². The van der Waals surface area contributed by atoms with Crippen LogP contribution < -0.4 is 5.73 Å². The fourth-order valence-electron chi connectivity index (χ4n) is 4.75. The zero-order valence-electron chi connectivity index (χ0n) is 24.8. The number of ketones is 1. The Balaban J connectivity index is 0.00000288. The topological polar surface area (TPSA) is 292 Å². The number of nitrogen functional groups attached to an aromatic ring is 1. The van der Waals surface area contributed by atoms with Gasteiger partial charge in [0.05, 0.1) is 19.5 Å². The second-order valence-electron chi connectivity index (χ2n) is 10.0. The summed E-state index contributed by atoms with van der Waals surface area (Å²) in [5.74, 6) is -0.154. The number of aromatic nitrogens is 4. The van der Waals surface area contributed by atoms with Crippen molar-refractivity contribution in [3.63, 3.8) is 0 Å². The molecule has 8 N–H and O–H groups in total. The van der Waals surface area contributed by atoms with Gasteiger partial charge in [0.1, 0.15) is 48.5 Å². The molecule has 3 aliphatic rings. The standard InChI is InChI=1S/C22H30N6O14P2.2Na/c1-10(29)11-3-2-4-27(5-11)21-17(32)15(30)12(40-21)6-38-43(34,35)42-44(36,37)39-7-13-16(31)18(33)22(41-13)28-9-26-14-19(23)24-8-25-20(14)28;;/h2,4-5,8-9,12-13,15-18,21-22,30-33H,3,6-7H2,1H3,(H,34,35)(H,36,37)(H2,23,24,25);;/t12-,13-,15-,16-,17-,18-,21-,22-;;/m1../s1. The number of carbonyl (C=O) groups is 1. The Morgan fingerprint density at radius 2 is 1.52 bits per heavy atom. The van der Waals surface area contributed by atoms with E-state index in [1.807, 2.05) is 0 Å². The minimum Gasteiger partial charge on any atom is -0.387 e. The quantitative estimate of drug-likeness (QED) is 0.0949. The van der Waals surface area contributed by atoms with Gasteiger partial charge >= 0.3 is 15.6 Å². The van der Waals surface area contributed by atoms with E-state index < -0.39 is 77.9 Å². The zero-order valence-corrected chi connectivity index (χ0v) is 30.6. The summed E-state index contributed by atoms with van der Waals surface area (Å²) in [7, 11) is -10.7. The molecule has 20 nitrogen and oxygen atoms in total. The summed E-state index contributed by atoms with van der Waals surface area (Å²) in [5, 5.41) is 41.7. The average Bonchev–Trinajstić information content (AvgIpc) is 3.61. The summed E-state index contributed by atoms with van der Waals surface area (Å²) in [6.45, 7) is -0.389. The molecule has 0 aromatic carbocycles. The van der Waals surface area contributed by atoms with Crippen molar-refractivity contribution in [3.8, 4) is 0 Å². The fraction of sp³-hybridized carbons (Fsp3) is 0.545. The molecule has 0 bridgehead atoms. The van der Waals surface area contributed by atoms with Crippen LogP contribution in [0, 0.1) is 0 Å². The summed E-state index contributed by atoms with van der Waals surface area (Å²) in [5.41, 5.74) is 6.54. The van der Waals surface area contributed by atoms with E-state index in [-0.39, 0.29) is 81.9 Å². The maximum absolute atomic E-state index is 12.4. The Morgan fingerprint density at radius 3 is 2.11 bits per heavy atom. The van der Waals surface area contributed by atoms with Crippen LogP contribution in [0.25, 0.3) is 11.2 Å². The first-order valence-corrected chi connectivity index (χ1v) is 15.9. The molecule has 0 amide bonds. The molecule has 2 saturated heterocycles. The number of imidazole rings is 1. The van der Waals surface area contributed by atoms with E-state index in [0.717, 1.165) is 6.33 Å². The summed E-state index contributed by atoms with van der Waals surface area (Å²) in [6, 6.07) is 0. The van der Waals surface area contributed by atoms with Crippen LogP contribution in [-0.2, 0) is 36.8 Å². The smallest absolute Gasteiger partial charge is 0.387 e. The van der Waals surface area contributed by atoms with Crippen molar-refractivity contribution in [1.82, 2.24) is 24.4 Å². The van der Waals surface area contributed by atoms with Crippen LogP contribution in [0.2, 0.25) is 0 Å². The van der Waals surface area contributed by atoms with E-state index in [1.165, 1.54) is 35.1 Å². The third kappa shape index (κ3) is 8.72. The normalized spacial score (nSPS) is 31.9. The number of aliphatic hydroxyl groups excluding tert-OH is 4. The number of nitrogens with two attached hydrogens (primary N) is 1. The van der Waals surface area contributed by atoms with Crippen LogP contribution in [0.3, 0.4) is 0 Å². The molecule has 5 heterocycles. The molecule has 2 fully saturated rings. The summed E-state index contributed by atoms with van der Waals surface area (Å²) in [4.78, 5) is 45.0. The van der Waals surface area contributed by atoms with Gasteiger partial charge in [-0.05, 0) is 13.3 Å². The van der Waals surface area contributed by atoms with Crippen molar-refractivity contribution < 1.29 is 67.0 Å². The number of fused-ring (bicyclic) bond motifs is 1. The first-order chi connectivity index (χ1) is 20.7. The Morgan fingerprint density at radius 1 is 0.957 bits per heavy atom. The average molecular weight is 710 g/mol. The number of rotatable bonds is 11. The molecule has 24 heteroatoms. The fourth-order valence-corrected chi connectivity index (χ4v) is 6.84. The van der Waals surface area contributed by atoms with Gasteiger partial charge in [-0.25, -0.2) is 24.1 Å². The van der Waals surface area contributed by atoms with Crippen molar-refractivity contribution in [2.45, 2.75) is 62.4 Å². The Kier molecular flexibility index (Phi) is 13.7. The molecule has 46 heavy (non-hydrogen) atoms. The Hall–Kier alpha value is -0.680. The number of anilines is 1. The summed E-state index contributed by atoms with van der Waals surface area (Å²) in [6.07, 6.45) is -4.30. The van der Waals surface area contributed by atoms with Gasteiger partial charge in [0.25, 0.3) is 0 Å². The van der Waals surface area contributed by atoms with E-state index >= 15 is 0 Å². The first-order valence-electron chi connectivity index (χ1n) is 13.0. The predicted molar refractivity (Wildman–Crippen MR) is 155 cm³/mol. The van der Waals surface area contributed by atoms with Crippen LogP contribution in [0.15, 0.2) is 36.7 Å². The van der Waals surface area contributed by atoms with Crippen molar-refractivity contribution in [2.75, 3.05) is 18.9 Å². The number of phosphoric acid groups is 2. The number of carbonyl (C=O) groups excluding carboxylic acids is 1. The van der Waals surface area contributed by atoms with Crippen molar-refractivity contribution in [3.05, 3.63) is 36.7 Å². The first kappa shape index (κ1) is 39.8. The van der Waals surface area contributed by atoms with Gasteiger partial charge in [0.2, 0.25) is 0 Å². The molecule has 3 aliphatic heterocycles. The molecule has 0 aliphatic carbocycles. The molecular weight excluding hydrogens is 680 g/mol. The molecule has 0 saturated carbocycles. The van der Waals surface area contributed by atoms with Crippen LogP contribution >= 0.6 is 15.6 Å². The molecule has 0 spiro atoms. The van der Waals surface area contributed by atoms with Gasteiger partial charge in [0, 0.05) is 77.1 Å². The van der Waals surface area contributed by atoms with Gasteiger partial charge in [-0.2, -0.15) is 4.31 Å². The van der Waals surface area contributed by atoms with Crippen LogP contribution in [0.4, 0.5) is 5.82 Å². The minimum absolute atomic E-state index is 0. The summed E-state index contributed by atoms with van der Waals surface area (Å²) < 4.78 is 50.9. The van der Waals surface area contributed by atoms with Gasteiger partial charge in [0.15, 0.2) is 29.7 Å². The maximum Gasteiger partial charge on any atom is 0.481 e. The maximum atomic E-state index is 12.4. The SMILES string of the molecule is CC(=O)C1=CN([C@@H]2O[C@H](COP(=O)(O)OP(=O)(O)OC[C@H]3O[C@@H](n4cnc5c(N)ncnc54)[C@H](O)[C@@H]3O)[C@@H](O)[C@H]2O)C=CC1.[Na].[Na]. The van der Waals surface area contributed by atoms with Gasteiger partial charge in [-0.1, -0.05) is 6.08 Å². The third-order valence-corrected chi connectivity index (χ3v) is 9.61. The van der Waals surface area contributed by atoms with E-state index in [0.29, 0.717) is 12.0 Å². The second kappa shape index (κ2) is 15.9. The number of Topliss-reactive ketones (excluding diaryl/α,β-unsaturated/α-hetero) is 1. The van der Waals surface area contributed by atoms with Gasteiger partial charge in [-0.15, -0.1) is 0 Å². The molecule has 5 rings (SSSR count). The van der Waals surface area contributed by atoms with Crippen molar-refractivity contribution in [2.24, 2.45) is 0 Å². The zero-order chi connectivity index (χ0) is 32.0. The minimum atomic E-state index is -5.35. The number of phosphoric ester groups is 2. The molecule has 10 atom stereocenters. The van der Waals surface area contributed by atoms with E-state index in [1.54, 1.807) is 6.08 Å². The Bertz CT molecular complexity index is 1570. The number of hydrogen-bond donors (Lipinski definition) is 7. The molecule has 2 aromatic heterocycles. The van der Waals surface area contributed by atoms with Crippen molar-refractivity contribution >= 4 is 97.5 Å². The second-order valence-corrected chi connectivity index (χ2v) is 13.1. The number of ether oxygens (including phenoxy) is 2. The van der Waals surface area contributed by atoms with Crippen LogP contribution in [-0.4, -0.2) is 176 Å². The van der Waals surface area contributed by atoms with E-state index in [2.05, 4.69) is 19.3 Å². The van der Waals surface area contributed by atoms with Crippen molar-refractivity contribution in [1.29, 1.82) is 0 Å². The molecule has 2 aromatic rings. The van der Waals surface area contributed by atoms with E-state index in [9.17, 15) is 44.1 Å². The van der Waals surface area contributed by atoms with Crippen LogP contribution in [0.5, 0.6) is 0 Å². The molecule has 2 unspecified atom stereocenters. The third-order valence-electron chi connectivity index (χ3n) is 7.01. The number of nitrogens with zero attached hydrogens (tertiary/aromatic N) is 5. The van der Waals surface area contributed by atoms with Gasteiger partial charge in [-0.3, -0.25) is 18.4 Å².